The van der Waals surface area contributed by atoms with E-state index in [9.17, 15) is 22.4 Å². The van der Waals surface area contributed by atoms with Crippen molar-refractivity contribution in [3.8, 4) is 23.3 Å². The molecule has 212 valence electrons. The zero-order chi connectivity index (χ0) is 28.2. The minimum Gasteiger partial charge on any atom is -0.487 e. The van der Waals surface area contributed by atoms with Crippen molar-refractivity contribution in [2.75, 3.05) is 6.61 Å². The van der Waals surface area contributed by atoms with Gasteiger partial charge in [0, 0.05) is 5.56 Å². The third-order valence-electron chi connectivity index (χ3n) is 7.27. The van der Waals surface area contributed by atoms with E-state index >= 15 is 0 Å². The maximum atomic E-state index is 14.5. The smallest absolute Gasteiger partial charge is 0.314 e. The third kappa shape index (κ3) is 8.74. The molecule has 0 radical (unpaired) electrons. The Kier molecular flexibility index (Phi) is 12.2. The van der Waals surface area contributed by atoms with Crippen LogP contribution in [0.5, 0.6) is 11.5 Å². The first-order valence-corrected chi connectivity index (χ1v) is 14.2. The topological polar surface area (TPSA) is 35.5 Å². The van der Waals surface area contributed by atoms with E-state index in [0.29, 0.717) is 23.7 Å². The second-order valence-electron chi connectivity index (χ2n) is 10.3. The van der Waals surface area contributed by atoms with Crippen molar-refractivity contribution in [3.63, 3.8) is 0 Å². The Balaban J connectivity index is 1.58. The van der Waals surface area contributed by atoms with Gasteiger partial charge in [0.15, 0.2) is 17.4 Å². The summed E-state index contributed by atoms with van der Waals surface area (Å²) in [6.45, 7) is 4.16. The van der Waals surface area contributed by atoms with Gasteiger partial charge in [-0.05, 0) is 62.3 Å². The molecule has 1 fully saturated rings. The number of unbranched alkanes of at least 4 members (excludes halogenated alkanes) is 5. The highest BCUT2D eigenvalue weighted by Crippen LogP contribution is 2.33. The molecule has 0 spiro atoms. The number of esters is 1. The van der Waals surface area contributed by atoms with Crippen molar-refractivity contribution in [3.05, 3.63) is 58.7 Å². The van der Waals surface area contributed by atoms with Crippen LogP contribution in [0.25, 0.3) is 0 Å². The van der Waals surface area contributed by atoms with Crippen molar-refractivity contribution in [2.45, 2.75) is 90.9 Å². The molecule has 0 aliphatic heterocycles. The molecule has 0 unspecified atom stereocenters. The molecular weight excluding hydrogens is 508 g/mol. The Morgan fingerprint density at radius 1 is 0.795 bits per heavy atom. The minimum absolute atomic E-state index is 0.0466. The van der Waals surface area contributed by atoms with Gasteiger partial charge in [0.2, 0.25) is 11.6 Å². The molecule has 0 aromatic heterocycles. The molecule has 2 aromatic rings. The summed E-state index contributed by atoms with van der Waals surface area (Å²) in [5.74, 6) is -2.14. The Bertz CT molecular complexity index is 1110. The fourth-order valence-corrected chi connectivity index (χ4v) is 4.86. The third-order valence-corrected chi connectivity index (χ3v) is 7.27. The van der Waals surface area contributed by atoms with Crippen LogP contribution in [0.2, 0.25) is 0 Å². The lowest BCUT2D eigenvalue weighted by Gasteiger charge is -2.27. The molecule has 0 bridgehead atoms. The maximum absolute atomic E-state index is 14.5. The number of carbonyl (C=O) groups is 1. The van der Waals surface area contributed by atoms with Gasteiger partial charge in [0.1, 0.15) is 11.3 Å². The lowest BCUT2D eigenvalue weighted by atomic mass is 9.80. The number of ether oxygens (including phenoxy) is 2. The zero-order valence-electron chi connectivity index (χ0n) is 22.9. The summed E-state index contributed by atoms with van der Waals surface area (Å²) >= 11 is 0. The van der Waals surface area contributed by atoms with Crippen LogP contribution < -0.4 is 9.47 Å². The van der Waals surface area contributed by atoms with Crippen molar-refractivity contribution < 1.29 is 31.8 Å². The highest BCUT2D eigenvalue weighted by Gasteiger charge is 2.28. The maximum Gasteiger partial charge on any atom is 0.314 e. The lowest BCUT2D eigenvalue weighted by molar-refractivity contribution is -0.140. The van der Waals surface area contributed by atoms with Gasteiger partial charge in [-0.15, -0.1) is 0 Å². The van der Waals surface area contributed by atoms with Gasteiger partial charge in [-0.2, -0.15) is 8.78 Å². The molecule has 3 nitrogen and oxygen atoms in total. The number of rotatable bonds is 12. The number of carbonyl (C=O) groups excluding carboxylic acids is 1. The lowest BCUT2D eigenvalue weighted by Crippen LogP contribution is -2.25. The second kappa shape index (κ2) is 15.5. The number of halogens is 4. The second-order valence-corrected chi connectivity index (χ2v) is 10.3. The van der Waals surface area contributed by atoms with E-state index in [0.717, 1.165) is 44.9 Å². The van der Waals surface area contributed by atoms with E-state index in [2.05, 4.69) is 18.8 Å². The van der Waals surface area contributed by atoms with Gasteiger partial charge in [-0.3, -0.25) is 4.79 Å². The fraction of sp³-hybridized carbons (Fsp3) is 0.531. The first-order valence-electron chi connectivity index (χ1n) is 14.2. The molecule has 0 atom stereocenters. The molecule has 1 saturated carbocycles. The first kappa shape index (κ1) is 30.5. The summed E-state index contributed by atoms with van der Waals surface area (Å²) in [5.41, 5.74) is -0.678. The molecule has 2 aromatic carbocycles. The molecule has 1 aliphatic carbocycles. The van der Waals surface area contributed by atoms with Gasteiger partial charge >= 0.3 is 5.97 Å². The van der Waals surface area contributed by atoms with Gasteiger partial charge < -0.3 is 9.47 Å². The highest BCUT2D eigenvalue weighted by molar-refractivity contribution is 5.75. The van der Waals surface area contributed by atoms with Gasteiger partial charge in [-0.1, -0.05) is 70.6 Å². The monoisotopic (exact) mass is 546 g/mol. The molecule has 0 heterocycles. The van der Waals surface area contributed by atoms with E-state index in [1.54, 1.807) is 0 Å². The summed E-state index contributed by atoms with van der Waals surface area (Å²) in [4.78, 5) is 12.6. The quantitative estimate of drug-likeness (QED) is 0.0666. The summed E-state index contributed by atoms with van der Waals surface area (Å²) in [7, 11) is 0. The predicted molar refractivity (Wildman–Crippen MR) is 144 cm³/mol. The van der Waals surface area contributed by atoms with E-state index in [1.807, 2.05) is 6.92 Å². The summed E-state index contributed by atoms with van der Waals surface area (Å²) in [5, 5.41) is 0. The van der Waals surface area contributed by atoms with E-state index < -0.39 is 34.6 Å². The standard InChI is InChI=1S/C32H38F4O3/c1-3-5-7-9-21-38-31-29(35)27(33)26(28(34)30(31)36)20-15-23-13-18-25(19-14-23)39-32(37)24-16-11-22(12-17-24)10-8-6-4-2/h13-14,18-19,22,24H,3-12,16-17,21H2,1-2H3. The van der Waals surface area contributed by atoms with Crippen LogP contribution in [-0.4, -0.2) is 12.6 Å². The zero-order valence-corrected chi connectivity index (χ0v) is 22.9. The van der Waals surface area contributed by atoms with E-state index in [1.165, 1.54) is 49.9 Å². The number of hydrogen-bond acceptors (Lipinski definition) is 3. The van der Waals surface area contributed by atoms with Crippen LogP contribution in [0.4, 0.5) is 17.6 Å². The van der Waals surface area contributed by atoms with Gasteiger partial charge in [-0.25, -0.2) is 8.78 Å². The highest BCUT2D eigenvalue weighted by atomic mass is 19.2. The average Bonchev–Trinajstić information content (AvgIpc) is 2.95. The largest absolute Gasteiger partial charge is 0.487 e. The van der Waals surface area contributed by atoms with Crippen LogP contribution in [0.15, 0.2) is 24.3 Å². The Morgan fingerprint density at radius 3 is 2.03 bits per heavy atom. The molecule has 1 aliphatic rings. The predicted octanol–water partition coefficient (Wildman–Crippen LogP) is 8.89. The van der Waals surface area contributed by atoms with Crippen molar-refractivity contribution in [2.24, 2.45) is 11.8 Å². The van der Waals surface area contributed by atoms with E-state index in [4.69, 9.17) is 9.47 Å². The average molecular weight is 547 g/mol. The molecule has 7 heteroatoms. The van der Waals surface area contributed by atoms with Crippen molar-refractivity contribution in [1.82, 2.24) is 0 Å². The van der Waals surface area contributed by atoms with Crippen molar-refractivity contribution >= 4 is 5.97 Å². The number of hydrogen-bond donors (Lipinski definition) is 0. The van der Waals surface area contributed by atoms with Gasteiger partial charge in [0.05, 0.1) is 12.5 Å². The molecule has 0 amide bonds. The van der Waals surface area contributed by atoms with E-state index in [-0.39, 0.29) is 18.5 Å². The van der Waals surface area contributed by atoms with Gasteiger partial charge in [0.25, 0.3) is 0 Å². The summed E-state index contributed by atoms with van der Waals surface area (Å²) in [6.07, 6.45) is 11.8. The summed E-state index contributed by atoms with van der Waals surface area (Å²) < 4.78 is 68.3. The molecule has 0 saturated heterocycles. The molecule has 39 heavy (non-hydrogen) atoms. The number of benzene rings is 2. The minimum atomic E-state index is -1.61. The normalized spacial score (nSPS) is 16.9. The molecule has 0 N–H and O–H groups in total. The molecule has 3 rings (SSSR count). The fourth-order valence-electron chi connectivity index (χ4n) is 4.86. The van der Waals surface area contributed by atoms with Crippen LogP contribution in [-0.2, 0) is 4.79 Å². The van der Waals surface area contributed by atoms with Crippen LogP contribution in [0.3, 0.4) is 0 Å². The van der Waals surface area contributed by atoms with Crippen LogP contribution >= 0.6 is 0 Å². The van der Waals surface area contributed by atoms with Crippen molar-refractivity contribution in [1.29, 1.82) is 0 Å². The summed E-state index contributed by atoms with van der Waals surface area (Å²) in [6, 6.07) is 6.08. The Labute approximate surface area is 229 Å². The van der Waals surface area contributed by atoms with Crippen LogP contribution in [0.1, 0.15) is 102 Å². The van der Waals surface area contributed by atoms with Crippen LogP contribution in [0, 0.1) is 46.9 Å². The first-order chi connectivity index (χ1) is 18.8. The SMILES string of the molecule is CCCCCCOc1c(F)c(F)c(C#Cc2ccc(OC(=O)C3CCC(CCCCC)CC3)cc2)c(F)c1F. The molecular formula is C32H38F4O3. The Hall–Kier alpha value is -3.01. The Morgan fingerprint density at radius 2 is 1.41 bits per heavy atom.